The van der Waals surface area contributed by atoms with Crippen LogP contribution in [0.15, 0.2) is 29.3 Å². The van der Waals surface area contributed by atoms with Crippen LogP contribution in [0, 0.1) is 0 Å². The Balaban J connectivity index is 2.06. The van der Waals surface area contributed by atoms with Gasteiger partial charge in [0.15, 0.2) is 0 Å². The quantitative estimate of drug-likeness (QED) is 0.673. The van der Waals surface area contributed by atoms with Gasteiger partial charge in [0.1, 0.15) is 0 Å². The number of hydrogen-bond donors (Lipinski definition) is 0. The van der Waals surface area contributed by atoms with E-state index in [-0.39, 0.29) is 0 Å². The average Bonchev–Trinajstić information content (AvgIpc) is 2.30. The molecule has 15 heavy (non-hydrogen) atoms. The zero-order chi connectivity index (χ0) is 10.7. The summed E-state index contributed by atoms with van der Waals surface area (Å²) in [5, 5.41) is 0. The first-order valence-electron chi connectivity index (χ1n) is 5.55. The fourth-order valence-corrected chi connectivity index (χ4v) is 2.19. The topological polar surface area (TPSA) is 15.6 Å². The van der Waals surface area contributed by atoms with Crippen LogP contribution in [0.25, 0.3) is 0 Å². The molecular weight excluding hydrogens is 184 g/mol. The summed E-state index contributed by atoms with van der Waals surface area (Å²) in [4.78, 5) is 6.31. The molecular formula is C13H18N2. The monoisotopic (exact) mass is 202 g/mol. The lowest BCUT2D eigenvalue weighted by molar-refractivity contribution is 0.255. The molecule has 2 heteroatoms. The van der Waals surface area contributed by atoms with Crippen LogP contribution in [0.3, 0.4) is 0 Å². The zero-order valence-corrected chi connectivity index (χ0v) is 9.32. The third-order valence-corrected chi connectivity index (χ3v) is 3.27. The molecule has 0 aromatic heterocycles. The molecule has 1 aromatic carbocycles. The smallest absolute Gasteiger partial charge is 0.0622 e. The van der Waals surface area contributed by atoms with Crippen molar-refractivity contribution in [2.75, 3.05) is 20.1 Å². The second-order valence-electron chi connectivity index (χ2n) is 4.33. The first kappa shape index (κ1) is 10.4. The molecule has 0 saturated carbocycles. The van der Waals surface area contributed by atoms with Crippen LogP contribution < -0.4 is 0 Å². The molecule has 1 fully saturated rings. The number of rotatable bonds is 2. The Morgan fingerprint density at radius 3 is 2.33 bits per heavy atom. The van der Waals surface area contributed by atoms with Crippen molar-refractivity contribution in [1.82, 2.24) is 4.90 Å². The zero-order valence-electron chi connectivity index (χ0n) is 9.32. The molecule has 0 aliphatic carbocycles. The molecule has 1 heterocycles. The number of aliphatic imine (C=N–C) groups is 1. The van der Waals surface area contributed by atoms with E-state index in [0.717, 1.165) is 11.6 Å². The molecule has 2 rings (SSSR count). The maximum absolute atomic E-state index is 3.91. The van der Waals surface area contributed by atoms with Crippen molar-refractivity contribution >= 4 is 12.4 Å². The third kappa shape index (κ3) is 2.45. The van der Waals surface area contributed by atoms with E-state index in [1.807, 2.05) is 0 Å². The highest BCUT2D eigenvalue weighted by Gasteiger charge is 2.17. The van der Waals surface area contributed by atoms with Crippen LogP contribution in [0.5, 0.6) is 0 Å². The summed E-state index contributed by atoms with van der Waals surface area (Å²) < 4.78 is 0. The van der Waals surface area contributed by atoms with Crippen molar-refractivity contribution in [3.63, 3.8) is 0 Å². The maximum atomic E-state index is 3.91. The highest BCUT2D eigenvalue weighted by molar-refractivity contribution is 5.46. The standard InChI is InChI=1S/C13H18N2/c1-14-13-5-3-11(4-6-13)12-7-9-15(2)10-8-12/h3-6,12H,1,7-10H2,2H3. The number of hydrogen-bond acceptors (Lipinski definition) is 2. The number of benzene rings is 1. The SMILES string of the molecule is C=Nc1ccc(C2CCN(C)CC2)cc1. The van der Waals surface area contributed by atoms with E-state index in [9.17, 15) is 0 Å². The van der Waals surface area contributed by atoms with Crippen molar-refractivity contribution in [3.05, 3.63) is 29.8 Å². The Hall–Kier alpha value is -1.15. The molecule has 80 valence electrons. The first-order valence-corrected chi connectivity index (χ1v) is 5.55. The van der Waals surface area contributed by atoms with Gasteiger partial charge in [0, 0.05) is 0 Å². The van der Waals surface area contributed by atoms with Gasteiger partial charge in [0.2, 0.25) is 0 Å². The van der Waals surface area contributed by atoms with E-state index in [1.165, 1.54) is 31.5 Å². The molecule has 0 atom stereocenters. The van der Waals surface area contributed by atoms with Crippen molar-refractivity contribution in [2.24, 2.45) is 4.99 Å². The van der Waals surface area contributed by atoms with Crippen LogP contribution >= 0.6 is 0 Å². The van der Waals surface area contributed by atoms with Gasteiger partial charge >= 0.3 is 0 Å². The number of nitrogens with zero attached hydrogens (tertiary/aromatic N) is 2. The third-order valence-electron chi connectivity index (χ3n) is 3.27. The van der Waals surface area contributed by atoms with E-state index in [2.05, 4.69) is 47.9 Å². The van der Waals surface area contributed by atoms with Crippen molar-refractivity contribution in [1.29, 1.82) is 0 Å². The second-order valence-corrected chi connectivity index (χ2v) is 4.33. The predicted octanol–water partition coefficient (Wildman–Crippen LogP) is 2.83. The fourth-order valence-electron chi connectivity index (χ4n) is 2.19. The lowest BCUT2D eigenvalue weighted by Gasteiger charge is -2.29. The largest absolute Gasteiger partial charge is 0.306 e. The summed E-state index contributed by atoms with van der Waals surface area (Å²) in [6.45, 7) is 5.96. The lowest BCUT2D eigenvalue weighted by atomic mass is 9.89. The average molecular weight is 202 g/mol. The van der Waals surface area contributed by atoms with Gasteiger partial charge in [0.25, 0.3) is 0 Å². The van der Waals surface area contributed by atoms with Gasteiger partial charge < -0.3 is 4.90 Å². The Morgan fingerprint density at radius 1 is 1.20 bits per heavy atom. The Kier molecular flexibility index (Phi) is 3.17. The summed E-state index contributed by atoms with van der Waals surface area (Å²) in [7, 11) is 2.20. The van der Waals surface area contributed by atoms with E-state index >= 15 is 0 Å². The van der Waals surface area contributed by atoms with Gasteiger partial charge in [0.05, 0.1) is 5.69 Å². The minimum Gasteiger partial charge on any atom is -0.306 e. The number of piperidine rings is 1. The van der Waals surface area contributed by atoms with Crippen molar-refractivity contribution in [2.45, 2.75) is 18.8 Å². The van der Waals surface area contributed by atoms with Crippen LogP contribution in [0.2, 0.25) is 0 Å². The summed E-state index contributed by atoms with van der Waals surface area (Å²) in [5.74, 6) is 0.736. The molecule has 0 bridgehead atoms. The number of likely N-dealkylation sites (tertiary alicyclic amines) is 1. The lowest BCUT2D eigenvalue weighted by Crippen LogP contribution is -2.29. The van der Waals surface area contributed by atoms with Crippen LogP contribution in [-0.4, -0.2) is 31.8 Å². The van der Waals surface area contributed by atoms with Gasteiger partial charge in [-0.3, -0.25) is 4.99 Å². The van der Waals surface area contributed by atoms with Gasteiger partial charge in [-0.2, -0.15) is 0 Å². The van der Waals surface area contributed by atoms with Gasteiger partial charge in [-0.1, -0.05) is 12.1 Å². The molecule has 1 aliphatic heterocycles. The van der Waals surface area contributed by atoms with Gasteiger partial charge in [-0.25, -0.2) is 0 Å². The molecule has 1 aromatic rings. The molecule has 1 aliphatic rings. The van der Waals surface area contributed by atoms with E-state index in [4.69, 9.17) is 0 Å². The molecule has 2 nitrogen and oxygen atoms in total. The Bertz CT molecular complexity index is 321. The highest BCUT2D eigenvalue weighted by Crippen LogP contribution is 2.28. The molecule has 0 amide bonds. The molecule has 0 spiro atoms. The van der Waals surface area contributed by atoms with Crippen LogP contribution in [0.1, 0.15) is 24.3 Å². The van der Waals surface area contributed by atoms with Crippen LogP contribution in [0.4, 0.5) is 5.69 Å². The molecule has 0 N–H and O–H groups in total. The predicted molar refractivity (Wildman–Crippen MR) is 65.1 cm³/mol. The van der Waals surface area contributed by atoms with Crippen molar-refractivity contribution in [3.8, 4) is 0 Å². The molecule has 0 radical (unpaired) electrons. The van der Waals surface area contributed by atoms with Gasteiger partial charge in [-0.05, 0) is 63.3 Å². The minimum atomic E-state index is 0.736. The summed E-state index contributed by atoms with van der Waals surface area (Å²) >= 11 is 0. The normalized spacial score (nSPS) is 19.0. The van der Waals surface area contributed by atoms with Crippen molar-refractivity contribution < 1.29 is 0 Å². The summed E-state index contributed by atoms with van der Waals surface area (Å²) in [6, 6.07) is 8.50. The van der Waals surface area contributed by atoms with E-state index in [1.54, 1.807) is 0 Å². The summed E-state index contributed by atoms with van der Waals surface area (Å²) in [5.41, 5.74) is 2.42. The van der Waals surface area contributed by atoms with E-state index < -0.39 is 0 Å². The molecule has 0 unspecified atom stereocenters. The highest BCUT2D eigenvalue weighted by atomic mass is 15.1. The van der Waals surface area contributed by atoms with E-state index in [0.29, 0.717) is 0 Å². The minimum absolute atomic E-state index is 0.736. The summed E-state index contributed by atoms with van der Waals surface area (Å²) in [6.07, 6.45) is 2.55. The fraction of sp³-hybridized carbons (Fsp3) is 0.462. The second kappa shape index (κ2) is 4.58. The maximum Gasteiger partial charge on any atom is 0.0622 e. The molecule has 1 saturated heterocycles. The first-order chi connectivity index (χ1) is 7.29. The van der Waals surface area contributed by atoms with Crippen LogP contribution in [-0.2, 0) is 0 Å². The van der Waals surface area contributed by atoms with Gasteiger partial charge in [-0.15, -0.1) is 0 Å². The Labute approximate surface area is 91.6 Å². The Morgan fingerprint density at radius 2 is 1.80 bits per heavy atom.